The summed E-state index contributed by atoms with van der Waals surface area (Å²) in [6.07, 6.45) is 8.32. The summed E-state index contributed by atoms with van der Waals surface area (Å²) in [5.41, 5.74) is 4.02. The molecule has 1 aliphatic heterocycles. The molecule has 1 aliphatic rings. The maximum Gasteiger partial charge on any atom is 0.119 e. The number of nitrogens with one attached hydrogen (secondary N) is 1. The second-order valence-corrected chi connectivity index (χ2v) is 5.20. The van der Waals surface area contributed by atoms with Crippen molar-refractivity contribution in [2.75, 3.05) is 32.2 Å². The van der Waals surface area contributed by atoms with Gasteiger partial charge in [-0.1, -0.05) is 6.42 Å². The van der Waals surface area contributed by atoms with E-state index in [1.165, 1.54) is 45.3 Å². The van der Waals surface area contributed by atoms with Gasteiger partial charge in [0.05, 0.1) is 12.8 Å². The Morgan fingerprint density at radius 2 is 1.95 bits per heavy atom. The number of nitrogens with zero attached hydrogens (tertiary/aromatic N) is 2. The maximum atomic E-state index is 5.11. The predicted molar refractivity (Wildman–Crippen MR) is 84.6 cm³/mol. The second kappa shape index (κ2) is 8.59. The van der Waals surface area contributed by atoms with Crippen LogP contribution in [0.5, 0.6) is 5.75 Å². The average Bonchev–Trinajstić information content (AvgIpc) is 2.52. The summed E-state index contributed by atoms with van der Waals surface area (Å²) in [4.78, 5) is 2.56. The number of anilines is 1. The summed E-state index contributed by atoms with van der Waals surface area (Å²) in [5, 5.41) is 4.25. The van der Waals surface area contributed by atoms with Crippen molar-refractivity contribution < 1.29 is 4.74 Å². The normalized spacial score (nSPS) is 16.4. The Bertz CT molecular complexity index is 397. The molecule has 110 valence electrons. The Morgan fingerprint density at radius 1 is 1.20 bits per heavy atom. The van der Waals surface area contributed by atoms with Crippen LogP contribution < -0.4 is 10.2 Å². The number of likely N-dealkylation sites (tertiary alicyclic amines) is 1. The number of unbranched alkanes of at least 4 members (excludes halogenated alkanes) is 1. The van der Waals surface area contributed by atoms with Crippen LogP contribution in [0.2, 0.25) is 0 Å². The lowest BCUT2D eigenvalue weighted by atomic mass is 10.1. The minimum atomic E-state index is 0.862. The SMILES string of the molecule is COc1ccc(NN=CCCCN2CCCCC2)cc1. The molecule has 1 aromatic carbocycles. The Labute approximate surface area is 121 Å². The Hall–Kier alpha value is -1.55. The molecule has 2 rings (SSSR count). The van der Waals surface area contributed by atoms with E-state index in [0.29, 0.717) is 0 Å². The standard InChI is InChI=1S/C16H25N3O/c1-20-16-9-7-15(8-10-16)18-17-11-3-6-14-19-12-4-2-5-13-19/h7-11,18H,2-6,12-14H2,1H3. The van der Waals surface area contributed by atoms with E-state index in [4.69, 9.17) is 4.74 Å². The third-order valence-electron chi connectivity index (χ3n) is 3.63. The first-order valence-corrected chi connectivity index (χ1v) is 7.52. The highest BCUT2D eigenvalue weighted by Gasteiger charge is 2.08. The third-order valence-corrected chi connectivity index (χ3v) is 3.63. The lowest BCUT2D eigenvalue weighted by molar-refractivity contribution is 0.228. The molecule has 1 heterocycles. The minimum Gasteiger partial charge on any atom is -0.497 e. The molecular weight excluding hydrogens is 250 g/mol. The van der Waals surface area contributed by atoms with Crippen LogP contribution in [-0.2, 0) is 0 Å². The van der Waals surface area contributed by atoms with Gasteiger partial charge in [-0.15, -0.1) is 0 Å². The summed E-state index contributed by atoms with van der Waals surface area (Å²) >= 11 is 0. The highest BCUT2D eigenvalue weighted by Crippen LogP contribution is 2.14. The number of ether oxygens (including phenoxy) is 1. The highest BCUT2D eigenvalue weighted by atomic mass is 16.5. The molecule has 4 heteroatoms. The predicted octanol–water partition coefficient (Wildman–Crippen LogP) is 3.36. The molecule has 0 unspecified atom stereocenters. The van der Waals surface area contributed by atoms with Crippen LogP contribution in [0, 0.1) is 0 Å². The van der Waals surface area contributed by atoms with E-state index in [9.17, 15) is 0 Å². The fourth-order valence-electron chi connectivity index (χ4n) is 2.44. The second-order valence-electron chi connectivity index (χ2n) is 5.20. The summed E-state index contributed by atoms with van der Waals surface area (Å²) in [7, 11) is 1.67. The van der Waals surface area contributed by atoms with Crippen molar-refractivity contribution in [3.63, 3.8) is 0 Å². The van der Waals surface area contributed by atoms with Gasteiger partial charge in [0.15, 0.2) is 0 Å². The first-order valence-electron chi connectivity index (χ1n) is 7.52. The van der Waals surface area contributed by atoms with Gasteiger partial charge in [0.25, 0.3) is 0 Å². The molecule has 1 saturated heterocycles. The van der Waals surface area contributed by atoms with Crippen LogP contribution in [0.15, 0.2) is 29.4 Å². The van der Waals surface area contributed by atoms with E-state index < -0.39 is 0 Å². The van der Waals surface area contributed by atoms with Gasteiger partial charge in [-0.25, -0.2) is 0 Å². The molecule has 4 nitrogen and oxygen atoms in total. The van der Waals surface area contributed by atoms with Crippen molar-refractivity contribution >= 4 is 11.9 Å². The number of piperidine rings is 1. The van der Waals surface area contributed by atoms with E-state index in [-0.39, 0.29) is 0 Å². The quantitative estimate of drug-likeness (QED) is 0.471. The molecular formula is C16H25N3O. The number of methoxy groups -OCH3 is 1. The van der Waals surface area contributed by atoms with Gasteiger partial charge in [-0.3, -0.25) is 5.43 Å². The fraction of sp³-hybridized carbons (Fsp3) is 0.562. The number of benzene rings is 1. The lowest BCUT2D eigenvalue weighted by Gasteiger charge is -2.25. The number of hydrazone groups is 1. The minimum absolute atomic E-state index is 0.862. The smallest absolute Gasteiger partial charge is 0.119 e. The Kier molecular flexibility index (Phi) is 6.38. The molecule has 0 atom stereocenters. The van der Waals surface area contributed by atoms with Crippen molar-refractivity contribution in [3.8, 4) is 5.75 Å². The van der Waals surface area contributed by atoms with Gasteiger partial charge in [0, 0.05) is 6.21 Å². The van der Waals surface area contributed by atoms with E-state index in [2.05, 4.69) is 15.4 Å². The van der Waals surface area contributed by atoms with Gasteiger partial charge in [0.2, 0.25) is 0 Å². The van der Waals surface area contributed by atoms with Gasteiger partial charge < -0.3 is 9.64 Å². The monoisotopic (exact) mass is 275 g/mol. The van der Waals surface area contributed by atoms with E-state index in [1.54, 1.807) is 7.11 Å². The molecule has 0 amide bonds. The zero-order chi connectivity index (χ0) is 14.0. The number of rotatable bonds is 7. The molecule has 0 saturated carbocycles. The Balaban J connectivity index is 1.58. The number of hydrogen-bond donors (Lipinski definition) is 1. The highest BCUT2D eigenvalue weighted by molar-refractivity contribution is 5.59. The van der Waals surface area contributed by atoms with Crippen molar-refractivity contribution in [1.82, 2.24) is 4.90 Å². The molecule has 1 N–H and O–H groups in total. The summed E-state index contributed by atoms with van der Waals surface area (Å²) < 4.78 is 5.11. The van der Waals surface area contributed by atoms with E-state index in [1.807, 2.05) is 30.5 Å². The van der Waals surface area contributed by atoms with Gasteiger partial charge >= 0.3 is 0 Å². The maximum absolute atomic E-state index is 5.11. The molecule has 1 aromatic rings. The van der Waals surface area contributed by atoms with E-state index >= 15 is 0 Å². The molecule has 0 aliphatic carbocycles. The molecule has 0 spiro atoms. The molecule has 0 aromatic heterocycles. The largest absolute Gasteiger partial charge is 0.497 e. The third kappa shape index (κ3) is 5.21. The first kappa shape index (κ1) is 14.9. The van der Waals surface area contributed by atoms with Gasteiger partial charge in [0.1, 0.15) is 5.75 Å². The fourth-order valence-corrected chi connectivity index (χ4v) is 2.44. The van der Waals surface area contributed by atoms with Crippen LogP contribution in [0.3, 0.4) is 0 Å². The molecule has 20 heavy (non-hydrogen) atoms. The lowest BCUT2D eigenvalue weighted by Crippen LogP contribution is -2.30. The summed E-state index contributed by atoms with van der Waals surface area (Å²) in [5.74, 6) is 0.862. The zero-order valence-electron chi connectivity index (χ0n) is 12.3. The molecule has 0 radical (unpaired) electrons. The van der Waals surface area contributed by atoms with Crippen LogP contribution >= 0.6 is 0 Å². The number of hydrogen-bond acceptors (Lipinski definition) is 4. The van der Waals surface area contributed by atoms with Crippen molar-refractivity contribution in [1.29, 1.82) is 0 Å². The Morgan fingerprint density at radius 3 is 2.65 bits per heavy atom. The van der Waals surface area contributed by atoms with Crippen LogP contribution in [0.25, 0.3) is 0 Å². The average molecular weight is 275 g/mol. The molecule has 1 fully saturated rings. The van der Waals surface area contributed by atoms with Gasteiger partial charge in [-0.05, 0) is 69.6 Å². The van der Waals surface area contributed by atoms with Crippen molar-refractivity contribution in [2.45, 2.75) is 32.1 Å². The van der Waals surface area contributed by atoms with Crippen molar-refractivity contribution in [3.05, 3.63) is 24.3 Å². The topological polar surface area (TPSA) is 36.9 Å². The summed E-state index contributed by atoms with van der Waals surface area (Å²) in [6, 6.07) is 7.77. The first-order chi connectivity index (χ1) is 9.88. The van der Waals surface area contributed by atoms with Crippen LogP contribution in [0.1, 0.15) is 32.1 Å². The van der Waals surface area contributed by atoms with Crippen LogP contribution in [0.4, 0.5) is 5.69 Å². The van der Waals surface area contributed by atoms with Crippen LogP contribution in [-0.4, -0.2) is 37.9 Å². The summed E-state index contributed by atoms with van der Waals surface area (Å²) in [6.45, 7) is 3.76. The van der Waals surface area contributed by atoms with Crippen molar-refractivity contribution in [2.24, 2.45) is 5.10 Å². The zero-order valence-corrected chi connectivity index (χ0v) is 12.3. The van der Waals surface area contributed by atoms with E-state index in [0.717, 1.165) is 17.9 Å². The molecule has 0 bridgehead atoms. The van der Waals surface area contributed by atoms with Gasteiger partial charge in [-0.2, -0.15) is 5.10 Å².